The molecule has 2 nitrogen and oxygen atoms in total. The summed E-state index contributed by atoms with van der Waals surface area (Å²) in [6.45, 7) is 10.4. The summed E-state index contributed by atoms with van der Waals surface area (Å²) in [6.07, 6.45) is 1.05. The van der Waals surface area contributed by atoms with E-state index in [1.54, 1.807) is 12.1 Å². The average molecular weight is 518 g/mol. The monoisotopic (exact) mass is 517 g/mol. The van der Waals surface area contributed by atoms with Gasteiger partial charge in [-0.3, -0.25) is 0 Å². The molecule has 3 aromatic rings. The zero-order valence-corrected chi connectivity index (χ0v) is 23.3. The van der Waals surface area contributed by atoms with E-state index in [2.05, 4.69) is 55.6 Å². The van der Waals surface area contributed by atoms with E-state index in [1.807, 2.05) is 39.0 Å². The largest absolute Gasteiger partial charge is 0.179 e. The number of hydrogen-bond acceptors (Lipinski definition) is 1. The first kappa shape index (κ1) is 28.7. The van der Waals surface area contributed by atoms with Crippen LogP contribution in [0.1, 0.15) is 47.8 Å². The number of halogens is 2. The van der Waals surface area contributed by atoms with Crippen LogP contribution in [-0.2, 0) is 28.9 Å². The van der Waals surface area contributed by atoms with Crippen LogP contribution in [0.25, 0.3) is 16.9 Å². The van der Waals surface area contributed by atoms with Crippen molar-refractivity contribution >= 4 is 34.0 Å². The molecule has 0 saturated carbocycles. The zero-order chi connectivity index (χ0) is 24.1. The number of benzene rings is 3. The van der Waals surface area contributed by atoms with Crippen molar-refractivity contribution in [2.75, 3.05) is 0 Å². The molecule has 3 aromatic carbocycles. The smallest absolute Gasteiger partial charge is 0.0253 e. The zero-order valence-electron chi connectivity index (χ0n) is 19.2. The van der Waals surface area contributed by atoms with Gasteiger partial charge >= 0.3 is 35.6 Å². The number of hydrogen-bond donors (Lipinski definition) is 0. The maximum atomic E-state index is 11.0. The Balaban J connectivity index is 0.000000258. The number of carbonyl (C=O) groups excluding carboxylic acids is 1. The van der Waals surface area contributed by atoms with Crippen LogP contribution in [0.3, 0.4) is 0 Å². The third kappa shape index (κ3) is 8.88. The van der Waals surface area contributed by atoms with Crippen molar-refractivity contribution in [1.82, 2.24) is 0 Å². The minimum Gasteiger partial charge on any atom is -0.179 e. The maximum Gasteiger partial charge on any atom is -0.0253 e. The van der Waals surface area contributed by atoms with Gasteiger partial charge < -0.3 is 10.5 Å². The normalized spacial score (nSPS) is 10.6. The number of amides is 1. The fourth-order valence-corrected chi connectivity index (χ4v) is 3.33. The first-order valence-corrected chi connectivity index (χ1v) is 16.5. The van der Waals surface area contributed by atoms with Gasteiger partial charge in [-0.05, 0) is 17.4 Å². The van der Waals surface area contributed by atoms with E-state index in [9.17, 15) is 4.79 Å². The predicted molar refractivity (Wildman–Crippen MR) is 137 cm³/mol. The van der Waals surface area contributed by atoms with Gasteiger partial charge in [-0.2, -0.15) is 29.8 Å². The standard InChI is InChI=1S/C13H9.C11H15NO.C2H6Si.2ClH.Ti/c1-3-7-12-10(5-1)9-11-6-2-4-8-13(11)12;1-11(2,3)9-7-5-4-6-8(9)10(12)13;1-3-2;;;/h1-5,7-8H,9H2;4-7H,1-3H3,(H2,12,13);1-2H3;2*1H;/q-1;;;;;+2/p-3. The van der Waals surface area contributed by atoms with E-state index in [4.69, 9.17) is 24.3 Å². The van der Waals surface area contributed by atoms with Crippen molar-refractivity contribution in [3.8, 4) is 11.1 Å². The number of rotatable bonds is 1. The van der Waals surface area contributed by atoms with Crippen LogP contribution in [0.15, 0.2) is 66.7 Å². The summed E-state index contributed by atoms with van der Waals surface area (Å²) in [7, 11) is 10.9. The Bertz CT molecular complexity index is 944. The Morgan fingerprint density at radius 2 is 1.50 bits per heavy atom. The molecule has 0 spiro atoms. The SMILES string of the molecule is CC(C)(C)c1ccccc1C([NH-])=O.C[Si]C.[Cl][Ti][Cl].[c-]1cccc2c1Cc1ccccc1-2. The fourth-order valence-electron chi connectivity index (χ4n) is 3.33. The van der Waals surface area contributed by atoms with Gasteiger partial charge in [-0.1, -0.05) is 93.5 Å². The molecule has 0 unspecified atom stereocenters. The molecule has 1 amide bonds. The Morgan fingerprint density at radius 3 is 2.06 bits per heavy atom. The molecule has 0 aliphatic heterocycles. The second-order valence-corrected chi connectivity index (χ2v) is 11.7. The van der Waals surface area contributed by atoms with E-state index in [0.717, 1.165) is 21.5 Å². The van der Waals surface area contributed by atoms with Crippen molar-refractivity contribution in [2.45, 2.75) is 45.7 Å². The van der Waals surface area contributed by atoms with Crippen LogP contribution in [-0.4, -0.2) is 15.4 Å². The van der Waals surface area contributed by atoms with Gasteiger partial charge in [0.2, 0.25) is 0 Å². The number of fused-ring (bicyclic) bond motifs is 3. The molecule has 0 aromatic heterocycles. The van der Waals surface area contributed by atoms with Gasteiger partial charge in [0, 0.05) is 15.1 Å². The molecule has 1 aliphatic carbocycles. The molecular weight excluding hydrogens is 489 g/mol. The van der Waals surface area contributed by atoms with Crippen LogP contribution >= 0.6 is 18.6 Å². The Labute approximate surface area is 212 Å². The molecule has 1 aliphatic rings. The molecule has 0 fully saturated rings. The van der Waals surface area contributed by atoms with Crippen LogP contribution in [0, 0.1) is 6.07 Å². The summed E-state index contributed by atoms with van der Waals surface area (Å²) in [6, 6.07) is 25.4. The third-order valence-corrected chi connectivity index (χ3v) is 4.60. The molecular formula is C26H29Cl2NOSiTi-2. The maximum absolute atomic E-state index is 11.0. The number of nitrogens with one attached hydrogen (secondary N) is 1. The summed E-state index contributed by atoms with van der Waals surface area (Å²) in [5, 5.41) is 0. The summed E-state index contributed by atoms with van der Waals surface area (Å²) >= 11 is -0.556. The third-order valence-electron chi connectivity index (χ3n) is 4.60. The molecule has 6 heteroatoms. The van der Waals surface area contributed by atoms with E-state index in [1.165, 1.54) is 22.3 Å². The van der Waals surface area contributed by atoms with Crippen LogP contribution < -0.4 is 0 Å². The molecule has 0 atom stereocenters. The predicted octanol–water partition coefficient (Wildman–Crippen LogP) is 8.40. The van der Waals surface area contributed by atoms with E-state index in [-0.39, 0.29) is 5.41 Å². The molecule has 0 heterocycles. The van der Waals surface area contributed by atoms with Crippen LogP contribution in [0.4, 0.5) is 0 Å². The molecule has 168 valence electrons. The minimum atomic E-state index is -0.606. The van der Waals surface area contributed by atoms with Crippen molar-refractivity contribution in [3.63, 3.8) is 0 Å². The average Bonchev–Trinajstić information content (AvgIpc) is 3.13. The van der Waals surface area contributed by atoms with Gasteiger partial charge in [0.1, 0.15) is 0 Å². The van der Waals surface area contributed by atoms with Crippen molar-refractivity contribution in [1.29, 1.82) is 0 Å². The quantitative estimate of drug-likeness (QED) is 0.184. The topological polar surface area (TPSA) is 40.9 Å². The van der Waals surface area contributed by atoms with Gasteiger partial charge in [0.05, 0.1) is 5.91 Å². The van der Waals surface area contributed by atoms with E-state index < -0.39 is 22.9 Å². The van der Waals surface area contributed by atoms with Gasteiger partial charge in [-0.15, -0.1) is 5.56 Å². The summed E-state index contributed by atoms with van der Waals surface area (Å²) in [5.41, 5.74) is 14.0. The molecule has 32 heavy (non-hydrogen) atoms. The van der Waals surface area contributed by atoms with Crippen LogP contribution in [0.5, 0.6) is 0 Å². The fraction of sp³-hybridized carbons (Fsp3) is 0.269. The first-order chi connectivity index (χ1) is 15.2. The Hall–Kier alpha value is -1.36. The summed E-state index contributed by atoms with van der Waals surface area (Å²) in [5.74, 6) is -0.606. The Morgan fingerprint density at radius 1 is 0.969 bits per heavy atom. The first-order valence-electron chi connectivity index (χ1n) is 10.2. The van der Waals surface area contributed by atoms with E-state index in [0.29, 0.717) is 5.56 Å². The Kier molecular flexibility index (Phi) is 13.2. The second kappa shape index (κ2) is 14.7. The van der Waals surface area contributed by atoms with Crippen molar-refractivity contribution in [3.05, 3.63) is 101 Å². The summed E-state index contributed by atoms with van der Waals surface area (Å²) in [4.78, 5) is 11.0. The van der Waals surface area contributed by atoms with Gasteiger partial charge in [0.15, 0.2) is 0 Å². The minimum absolute atomic E-state index is 0.0761. The van der Waals surface area contributed by atoms with Crippen LogP contribution in [0.2, 0.25) is 13.1 Å². The molecule has 0 bridgehead atoms. The molecule has 0 saturated heterocycles. The summed E-state index contributed by atoms with van der Waals surface area (Å²) < 4.78 is 0. The second-order valence-electron chi connectivity index (χ2n) is 8.09. The number of carbonyl (C=O) groups is 1. The van der Waals surface area contributed by atoms with Crippen molar-refractivity contribution < 1.29 is 21.8 Å². The molecule has 4 rings (SSSR count). The van der Waals surface area contributed by atoms with Gasteiger partial charge in [0.25, 0.3) is 0 Å². The van der Waals surface area contributed by atoms with Crippen molar-refractivity contribution in [2.24, 2.45) is 0 Å². The molecule has 2 radical (unpaired) electrons. The van der Waals surface area contributed by atoms with Gasteiger partial charge in [-0.25, -0.2) is 0 Å². The molecule has 1 N–H and O–H groups in total. The van der Waals surface area contributed by atoms with E-state index >= 15 is 0 Å².